The lowest BCUT2D eigenvalue weighted by molar-refractivity contribution is 0.0697. The number of aryl methyl sites for hydroxylation is 1. The first kappa shape index (κ1) is 14.7. The number of rotatable bonds is 6. The summed E-state index contributed by atoms with van der Waals surface area (Å²) < 4.78 is 6.26. The number of nitrogens with zero attached hydrogens (tertiary/aromatic N) is 1. The van der Waals surface area contributed by atoms with Gasteiger partial charge in [0.1, 0.15) is 5.76 Å². The molecule has 0 saturated heterocycles. The summed E-state index contributed by atoms with van der Waals surface area (Å²) in [5, 5.41) is 12.1. The fraction of sp³-hybridized carbons (Fsp3) is 0.286. The number of nitrogens with one attached hydrogen (secondary N) is 1. The van der Waals surface area contributed by atoms with Crippen LogP contribution in [-0.2, 0) is 19.5 Å². The fourth-order valence-electron chi connectivity index (χ4n) is 1.72. The number of carboxylic acids is 1. The van der Waals surface area contributed by atoms with E-state index >= 15 is 0 Å². The molecule has 2 N–H and O–H groups in total. The first-order valence-electron chi connectivity index (χ1n) is 6.26. The molecule has 0 aliphatic rings. The summed E-state index contributed by atoms with van der Waals surface area (Å²) in [6.45, 7) is 3.15. The van der Waals surface area contributed by atoms with Gasteiger partial charge in [-0.1, -0.05) is 28.9 Å². The van der Waals surface area contributed by atoms with Gasteiger partial charge in [-0.15, -0.1) is 0 Å². The molecule has 0 saturated carbocycles. The number of oxazole rings is 1. The van der Waals surface area contributed by atoms with Crippen LogP contribution >= 0.6 is 15.9 Å². The van der Waals surface area contributed by atoms with E-state index in [1.54, 1.807) is 24.4 Å². The maximum Gasteiger partial charge on any atom is 0.335 e. The van der Waals surface area contributed by atoms with Crippen LogP contribution in [-0.4, -0.2) is 16.1 Å². The lowest BCUT2D eigenvalue weighted by Crippen LogP contribution is -2.13. The topological polar surface area (TPSA) is 75.4 Å². The molecule has 5 nitrogen and oxygen atoms in total. The largest absolute Gasteiger partial charge is 0.478 e. The van der Waals surface area contributed by atoms with Gasteiger partial charge in [0.05, 0.1) is 18.3 Å². The highest BCUT2D eigenvalue weighted by atomic mass is 79.9. The zero-order valence-corrected chi connectivity index (χ0v) is 12.6. The molecule has 0 aliphatic carbocycles. The number of hydrogen-bond acceptors (Lipinski definition) is 4. The molecule has 0 amide bonds. The first-order chi connectivity index (χ1) is 9.60. The molecule has 0 aliphatic heterocycles. The molecule has 1 aromatic carbocycles. The lowest BCUT2D eigenvalue weighted by Gasteiger charge is -2.06. The van der Waals surface area contributed by atoms with Gasteiger partial charge in [-0.05, 0) is 17.7 Å². The Morgan fingerprint density at radius 3 is 2.85 bits per heavy atom. The van der Waals surface area contributed by atoms with Gasteiger partial charge in [0, 0.05) is 17.4 Å². The summed E-state index contributed by atoms with van der Waals surface area (Å²) >= 11 is 3.37. The Hall–Kier alpha value is -1.66. The average Bonchev–Trinajstić information content (AvgIpc) is 2.88. The van der Waals surface area contributed by atoms with Gasteiger partial charge < -0.3 is 14.8 Å². The van der Waals surface area contributed by atoms with Crippen LogP contribution < -0.4 is 5.32 Å². The summed E-state index contributed by atoms with van der Waals surface area (Å²) in [5.41, 5.74) is 1.25. The minimum Gasteiger partial charge on any atom is -0.478 e. The molecule has 0 atom stereocenters. The fourth-order valence-corrected chi connectivity index (χ4v) is 2.24. The van der Waals surface area contributed by atoms with E-state index in [4.69, 9.17) is 9.52 Å². The third kappa shape index (κ3) is 3.68. The van der Waals surface area contributed by atoms with Crippen molar-refractivity contribution in [1.82, 2.24) is 10.3 Å². The van der Waals surface area contributed by atoms with Crippen molar-refractivity contribution in [2.75, 3.05) is 0 Å². The predicted molar refractivity (Wildman–Crippen MR) is 77.5 cm³/mol. The van der Waals surface area contributed by atoms with Gasteiger partial charge in [0.2, 0.25) is 5.89 Å². The quantitative estimate of drug-likeness (QED) is 0.846. The second kappa shape index (κ2) is 6.67. The smallest absolute Gasteiger partial charge is 0.335 e. The normalized spacial score (nSPS) is 10.7. The van der Waals surface area contributed by atoms with E-state index in [2.05, 4.69) is 26.2 Å². The monoisotopic (exact) mass is 338 g/mol. The Bertz CT molecular complexity index is 610. The highest BCUT2D eigenvalue weighted by Gasteiger charge is 2.07. The molecule has 1 heterocycles. The number of halogens is 1. The van der Waals surface area contributed by atoms with E-state index in [1.807, 2.05) is 6.92 Å². The van der Waals surface area contributed by atoms with E-state index in [0.717, 1.165) is 22.2 Å². The molecule has 0 spiro atoms. The van der Waals surface area contributed by atoms with Gasteiger partial charge in [-0.25, -0.2) is 9.78 Å². The molecule has 2 rings (SSSR count). The number of carbonyl (C=O) groups is 1. The highest BCUT2D eigenvalue weighted by molar-refractivity contribution is 9.10. The van der Waals surface area contributed by atoms with Crippen LogP contribution in [0.3, 0.4) is 0 Å². The Kier molecular flexibility index (Phi) is 4.92. The summed E-state index contributed by atoms with van der Waals surface area (Å²) in [6.07, 6.45) is 2.56. The third-order valence-electron chi connectivity index (χ3n) is 2.84. The molecular weight excluding hydrogens is 324 g/mol. The van der Waals surface area contributed by atoms with E-state index in [9.17, 15) is 4.79 Å². The van der Waals surface area contributed by atoms with Gasteiger partial charge in [-0.3, -0.25) is 0 Å². The molecule has 106 valence electrons. The van der Waals surface area contributed by atoms with Gasteiger partial charge >= 0.3 is 5.97 Å². The Morgan fingerprint density at radius 1 is 1.45 bits per heavy atom. The van der Waals surface area contributed by atoms with Crippen LogP contribution in [0.4, 0.5) is 0 Å². The zero-order chi connectivity index (χ0) is 14.5. The van der Waals surface area contributed by atoms with Crippen molar-refractivity contribution < 1.29 is 14.3 Å². The second-order valence-electron chi connectivity index (χ2n) is 4.29. The first-order valence-corrected chi connectivity index (χ1v) is 7.05. The standard InChI is InChI=1S/C14H15BrN2O3/c1-2-11-7-17-13(20-11)8-16-6-10-4-3-9(14(18)19)5-12(10)15/h3-5,7,16H,2,6,8H2,1H3,(H,18,19). The average molecular weight is 339 g/mol. The molecule has 0 radical (unpaired) electrons. The minimum atomic E-state index is -0.933. The maximum absolute atomic E-state index is 10.8. The molecule has 1 aromatic heterocycles. The van der Waals surface area contributed by atoms with Gasteiger partial charge in [0.15, 0.2) is 0 Å². The van der Waals surface area contributed by atoms with Crippen LogP contribution in [0.1, 0.15) is 34.5 Å². The lowest BCUT2D eigenvalue weighted by atomic mass is 10.1. The molecule has 20 heavy (non-hydrogen) atoms. The van der Waals surface area contributed by atoms with Gasteiger partial charge in [-0.2, -0.15) is 0 Å². The second-order valence-corrected chi connectivity index (χ2v) is 5.14. The maximum atomic E-state index is 10.8. The summed E-state index contributed by atoms with van der Waals surface area (Å²) in [5.74, 6) is 0.589. The number of hydrogen-bond donors (Lipinski definition) is 2. The van der Waals surface area contributed by atoms with Crippen molar-refractivity contribution in [3.8, 4) is 0 Å². The van der Waals surface area contributed by atoms with E-state index in [0.29, 0.717) is 19.0 Å². The minimum absolute atomic E-state index is 0.265. The molecule has 0 bridgehead atoms. The van der Waals surface area contributed by atoms with Crippen molar-refractivity contribution >= 4 is 21.9 Å². The van der Waals surface area contributed by atoms with Crippen LogP contribution in [0, 0.1) is 0 Å². The predicted octanol–water partition coefficient (Wildman–Crippen LogP) is 2.99. The summed E-state index contributed by atoms with van der Waals surface area (Å²) in [7, 11) is 0. The third-order valence-corrected chi connectivity index (χ3v) is 3.58. The van der Waals surface area contributed by atoms with Crippen LogP contribution in [0.25, 0.3) is 0 Å². The number of carboxylic acid groups (broad SMARTS) is 1. The van der Waals surface area contributed by atoms with E-state index in [1.165, 1.54) is 0 Å². The van der Waals surface area contributed by atoms with Crippen LogP contribution in [0.2, 0.25) is 0 Å². The number of benzene rings is 1. The molecule has 6 heteroatoms. The van der Waals surface area contributed by atoms with E-state index < -0.39 is 5.97 Å². The molecule has 2 aromatic rings. The van der Waals surface area contributed by atoms with Crippen molar-refractivity contribution in [2.24, 2.45) is 0 Å². The molecule has 0 fully saturated rings. The van der Waals surface area contributed by atoms with Crippen molar-refractivity contribution in [1.29, 1.82) is 0 Å². The Labute approximate surface area is 125 Å². The highest BCUT2D eigenvalue weighted by Crippen LogP contribution is 2.18. The van der Waals surface area contributed by atoms with Crippen molar-refractivity contribution in [3.63, 3.8) is 0 Å². The SMILES string of the molecule is CCc1cnc(CNCc2ccc(C(=O)O)cc2Br)o1. The van der Waals surface area contributed by atoms with Crippen molar-refractivity contribution in [2.45, 2.75) is 26.4 Å². The van der Waals surface area contributed by atoms with E-state index in [-0.39, 0.29) is 5.56 Å². The zero-order valence-electron chi connectivity index (χ0n) is 11.0. The number of aromatic nitrogens is 1. The number of aromatic carboxylic acids is 1. The summed E-state index contributed by atoms with van der Waals surface area (Å²) in [4.78, 5) is 15.0. The Balaban J connectivity index is 1.92. The van der Waals surface area contributed by atoms with Crippen LogP contribution in [0.5, 0.6) is 0 Å². The molecule has 0 unspecified atom stereocenters. The van der Waals surface area contributed by atoms with Gasteiger partial charge in [0.25, 0.3) is 0 Å². The van der Waals surface area contributed by atoms with Crippen molar-refractivity contribution in [3.05, 3.63) is 51.6 Å². The Morgan fingerprint density at radius 2 is 2.25 bits per heavy atom. The van der Waals surface area contributed by atoms with Crippen LogP contribution in [0.15, 0.2) is 33.3 Å². The molecular formula is C14H15BrN2O3. The summed E-state index contributed by atoms with van der Waals surface area (Å²) in [6, 6.07) is 4.97.